The number of ether oxygens (including phenoxy) is 1. The maximum absolute atomic E-state index is 11.4. The van der Waals surface area contributed by atoms with Gasteiger partial charge in [-0.2, -0.15) is 5.26 Å². The van der Waals surface area contributed by atoms with Gasteiger partial charge in [-0.25, -0.2) is 4.79 Å². The number of hydrogen-bond donors (Lipinski definition) is 1. The predicted octanol–water partition coefficient (Wildman–Crippen LogP) is 1.92. The molecule has 0 fully saturated rings. The highest BCUT2D eigenvalue weighted by atomic mass is 16.5. The number of carbonyl (C=O) groups is 1. The van der Waals surface area contributed by atoms with Crippen LogP contribution in [0.25, 0.3) is 0 Å². The molecule has 0 heterocycles. The number of para-hydroxylation sites is 1. The fraction of sp³-hybridized carbons (Fsp3) is 0.333. The largest absolute Gasteiger partial charge is 0.467 e. The average Bonchev–Trinajstić information content (AvgIpc) is 2.35. The summed E-state index contributed by atoms with van der Waals surface area (Å²) in [5.41, 5.74) is 1.17. The molecular formula is C12H14N2O2. The quantitative estimate of drug-likeness (QED) is 0.784. The number of methoxy groups -OCH3 is 1. The lowest BCUT2D eigenvalue weighted by molar-refractivity contribution is -0.141. The summed E-state index contributed by atoms with van der Waals surface area (Å²) in [4.78, 5) is 11.4. The van der Waals surface area contributed by atoms with E-state index in [1.54, 1.807) is 18.2 Å². The second kappa shape index (κ2) is 5.76. The van der Waals surface area contributed by atoms with E-state index in [2.05, 4.69) is 16.1 Å². The van der Waals surface area contributed by atoms with Gasteiger partial charge in [-0.15, -0.1) is 0 Å². The molecule has 0 saturated heterocycles. The van der Waals surface area contributed by atoms with Crippen LogP contribution in [-0.4, -0.2) is 19.1 Å². The lowest BCUT2D eigenvalue weighted by atomic mass is 10.1. The van der Waals surface area contributed by atoms with E-state index >= 15 is 0 Å². The van der Waals surface area contributed by atoms with Crippen LogP contribution in [0.4, 0.5) is 5.69 Å². The van der Waals surface area contributed by atoms with Crippen LogP contribution in [0.1, 0.15) is 18.9 Å². The van der Waals surface area contributed by atoms with Gasteiger partial charge in [0.05, 0.1) is 18.4 Å². The van der Waals surface area contributed by atoms with Crippen LogP contribution < -0.4 is 5.32 Å². The Balaban J connectivity index is 2.86. The van der Waals surface area contributed by atoms with Crippen molar-refractivity contribution in [3.8, 4) is 6.07 Å². The lowest BCUT2D eigenvalue weighted by Gasteiger charge is -2.16. The molecule has 84 valence electrons. The van der Waals surface area contributed by atoms with Gasteiger partial charge >= 0.3 is 5.97 Å². The fourth-order valence-electron chi connectivity index (χ4n) is 1.36. The van der Waals surface area contributed by atoms with E-state index in [-0.39, 0.29) is 5.97 Å². The summed E-state index contributed by atoms with van der Waals surface area (Å²) in [6.07, 6.45) is 0.604. The molecule has 16 heavy (non-hydrogen) atoms. The number of hydrogen-bond acceptors (Lipinski definition) is 4. The number of anilines is 1. The van der Waals surface area contributed by atoms with E-state index in [9.17, 15) is 4.79 Å². The smallest absolute Gasteiger partial charge is 0.328 e. The van der Waals surface area contributed by atoms with Crippen LogP contribution in [0, 0.1) is 11.3 Å². The zero-order valence-electron chi connectivity index (χ0n) is 9.36. The van der Waals surface area contributed by atoms with Crippen molar-refractivity contribution in [2.45, 2.75) is 19.4 Å². The van der Waals surface area contributed by atoms with Crippen molar-refractivity contribution in [1.29, 1.82) is 5.26 Å². The summed E-state index contributed by atoms with van der Waals surface area (Å²) in [7, 11) is 1.35. The normalized spacial score (nSPS) is 11.3. The number of nitriles is 1. The SMILES string of the molecule is CCC(Nc1ccccc1C#N)C(=O)OC. The Hall–Kier alpha value is -2.02. The van der Waals surface area contributed by atoms with E-state index in [1.807, 2.05) is 13.0 Å². The first-order valence-corrected chi connectivity index (χ1v) is 5.06. The number of rotatable bonds is 4. The minimum absolute atomic E-state index is 0.324. The molecule has 4 heteroatoms. The molecule has 1 atom stereocenters. The first-order chi connectivity index (χ1) is 7.72. The molecule has 0 aliphatic rings. The van der Waals surface area contributed by atoms with Crippen molar-refractivity contribution in [3.05, 3.63) is 29.8 Å². The topological polar surface area (TPSA) is 62.1 Å². The number of benzene rings is 1. The summed E-state index contributed by atoms with van der Waals surface area (Å²) in [5, 5.41) is 11.9. The highest BCUT2D eigenvalue weighted by Gasteiger charge is 2.17. The Morgan fingerprint density at radius 1 is 1.56 bits per heavy atom. The molecule has 1 aromatic rings. The van der Waals surface area contributed by atoms with Gasteiger partial charge in [0.25, 0.3) is 0 Å². The minimum Gasteiger partial charge on any atom is -0.467 e. The maximum Gasteiger partial charge on any atom is 0.328 e. The van der Waals surface area contributed by atoms with Crippen LogP contribution >= 0.6 is 0 Å². The third-order valence-corrected chi connectivity index (χ3v) is 2.27. The minimum atomic E-state index is -0.417. The van der Waals surface area contributed by atoms with Crippen LogP contribution in [0.3, 0.4) is 0 Å². The van der Waals surface area contributed by atoms with Gasteiger partial charge in [-0.05, 0) is 18.6 Å². The van der Waals surface area contributed by atoms with Gasteiger partial charge in [0.15, 0.2) is 0 Å². The predicted molar refractivity (Wildman–Crippen MR) is 60.9 cm³/mol. The third-order valence-electron chi connectivity index (χ3n) is 2.27. The summed E-state index contributed by atoms with van der Waals surface area (Å²) in [6.45, 7) is 1.88. The molecule has 0 spiro atoms. The molecule has 0 saturated carbocycles. The molecule has 0 amide bonds. The van der Waals surface area contributed by atoms with Crippen LogP contribution in [0.5, 0.6) is 0 Å². The Labute approximate surface area is 94.8 Å². The Morgan fingerprint density at radius 2 is 2.25 bits per heavy atom. The Kier molecular flexibility index (Phi) is 4.34. The molecule has 4 nitrogen and oxygen atoms in total. The highest BCUT2D eigenvalue weighted by Crippen LogP contribution is 2.15. The maximum atomic E-state index is 11.4. The molecule has 0 bridgehead atoms. The monoisotopic (exact) mass is 218 g/mol. The second-order valence-electron chi connectivity index (χ2n) is 3.29. The molecular weight excluding hydrogens is 204 g/mol. The molecule has 1 N–H and O–H groups in total. The van der Waals surface area contributed by atoms with Gasteiger partial charge in [-0.1, -0.05) is 19.1 Å². The van der Waals surface area contributed by atoms with Crippen molar-refractivity contribution in [2.75, 3.05) is 12.4 Å². The van der Waals surface area contributed by atoms with Gasteiger partial charge in [0, 0.05) is 0 Å². The number of esters is 1. The first kappa shape index (κ1) is 12.1. The number of nitrogens with one attached hydrogen (secondary N) is 1. The summed E-state index contributed by atoms with van der Waals surface area (Å²) in [5.74, 6) is -0.324. The fourth-order valence-corrected chi connectivity index (χ4v) is 1.36. The van der Waals surface area contributed by atoms with Crippen molar-refractivity contribution in [1.82, 2.24) is 0 Å². The van der Waals surface area contributed by atoms with Crippen molar-refractivity contribution in [3.63, 3.8) is 0 Å². The zero-order valence-corrected chi connectivity index (χ0v) is 9.36. The van der Waals surface area contributed by atoms with Crippen molar-refractivity contribution < 1.29 is 9.53 Å². The second-order valence-corrected chi connectivity index (χ2v) is 3.29. The first-order valence-electron chi connectivity index (χ1n) is 5.06. The van der Waals surface area contributed by atoms with Gasteiger partial charge < -0.3 is 10.1 Å². The average molecular weight is 218 g/mol. The van der Waals surface area contributed by atoms with Gasteiger partial charge in [0.1, 0.15) is 12.1 Å². The summed E-state index contributed by atoms with van der Waals surface area (Å²) >= 11 is 0. The molecule has 0 radical (unpaired) electrons. The van der Waals surface area contributed by atoms with Crippen LogP contribution in [0.15, 0.2) is 24.3 Å². The standard InChI is InChI=1S/C12H14N2O2/c1-3-10(12(15)16-2)14-11-7-5-4-6-9(11)8-13/h4-7,10,14H,3H2,1-2H3. The molecule has 0 aliphatic heterocycles. The number of carbonyl (C=O) groups excluding carboxylic acids is 1. The summed E-state index contributed by atoms with van der Waals surface area (Å²) < 4.78 is 4.66. The van der Waals surface area contributed by atoms with Crippen LogP contribution in [-0.2, 0) is 9.53 Å². The number of nitrogens with zero attached hydrogens (tertiary/aromatic N) is 1. The van der Waals surface area contributed by atoms with Crippen molar-refractivity contribution >= 4 is 11.7 Å². The molecule has 1 aromatic carbocycles. The molecule has 1 unspecified atom stereocenters. The van der Waals surface area contributed by atoms with E-state index in [0.29, 0.717) is 17.7 Å². The highest BCUT2D eigenvalue weighted by molar-refractivity contribution is 5.79. The van der Waals surface area contributed by atoms with E-state index in [1.165, 1.54) is 7.11 Å². The Morgan fingerprint density at radius 3 is 2.81 bits per heavy atom. The van der Waals surface area contributed by atoms with Crippen molar-refractivity contribution in [2.24, 2.45) is 0 Å². The van der Waals surface area contributed by atoms with Gasteiger partial charge in [0.2, 0.25) is 0 Å². The molecule has 0 aromatic heterocycles. The summed E-state index contributed by atoms with van der Waals surface area (Å²) in [6, 6.07) is 8.71. The van der Waals surface area contributed by atoms with E-state index in [0.717, 1.165) is 0 Å². The van der Waals surface area contributed by atoms with E-state index in [4.69, 9.17) is 5.26 Å². The van der Waals surface area contributed by atoms with E-state index < -0.39 is 6.04 Å². The molecule has 0 aliphatic carbocycles. The Bertz CT molecular complexity index is 410. The van der Waals surface area contributed by atoms with Crippen LogP contribution in [0.2, 0.25) is 0 Å². The third kappa shape index (κ3) is 2.74. The molecule has 1 rings (SSSR count). The zero-order chi connectivity index (χ0) is 12.0. The lowest BCUT2D eigenvalue weighted by Crippen LogP contribution is -2.30. The van der Waals surface area contributed by atoms with Gasteiger partial charge in [-0.3, -0.25) is 0 Å².